The van der Waals surface area contributed by atoms with Gasteiger partial charge in [0.2, 0.25) is 5.91 Å². The first-order chi connectivity index (χ1) is 6.20. The Morgan fingerprint density at radius 2 is 2.15 bits per heavy atom. The van der Waals surface area contributed by atoms with Crippen molar-refractivity contribution in [3.8, 4) is 0 Å². The van der Waals surface area contributed by atoms with E-state index in [9.17, 15) is 9.59 Å². The first kappa shape index (κ1) is 8.50. The van der Waals surface area contributed by atoms with Gasteiger partial charge >= 0.3 is 0 Å². The van der Waals surface area contributed by atoms with Crippen LogP contribution in [0.2, 0.25) is 0 Å². The number of nitrogens with one attached hydrogen (secondary N) is 1. The molecule has 2 rings (SSSR count). The number of hydrogen-bond acceptors (Lipinski definition) is 3. The second-order valence-corrected chi connectivity index (χ2v) is 3.53. The second kappa shape index (κ2) is 2.99. The molecule has 0 aromatic carbocycles. The van der Waals surface area contributed by atoms with E-state index in [0.29, 0.717) is 6.54 Å². The molecular weight excluding hydrogens is 170 g/mol. The molecule has 0 radical (unpaired) electrons. The summed E-state index contributed by atoms with van der Waals surface area (Å²) in [6, 6.07) is -0.263. The van der Waals surface area contributed by atoms with E-state index in [2.05, 4.69) is 5.32 Å². The van der Waals surface area contributed by atoms with Crippen molar-refractivity contribution in [1.82, 2.24) is 10.2 Å². The van der Waals surface area contributed by atoms with Gasteiger partial charge in [0.25, 0.3) is 5.91 Å². The number of piperazine rings is 1. The minimum Gasteiger partial charge on any atom is -0.331 e. The summed E-state index contributed by atoms with van der Waals surface area (Å²) in [5.41, 5.74) is 5.45. The zero-order valence-corrected chi connectivity index (χ0v) is 7.32. The van der Waals surface area contributed by atoms with Gasteiger partial charge in [0.15, 0.2) is 6.17 Å². The van der Waals surface area contributed by atoms with Gasteiger partial charge in [-0.05, 0) is 19.3 Å². The van der Waals surface area contributed by atoms with E-state index in [4.69, 9.17) is 5.73 Å². The third kappa shape index (κ3) is 1.29. The number of nitrogens with zero attached hydrogens (tertiary/aromatic N) is 1. The van der Waals surface area contributed by atoms with Crippen LogP contribution in [0, 0.1) is 0 Å². The van der Waals surface area contributed by atoms with E-state index in [0.717, 1.165) is 19.3 Å². The maximum atomic E-state index is 11.5. The van der Waals surface area contributed by atoms with Crippen molar-refractivity contribution in [1.29, 1.82) is 0 Å². The van der Waals surface area contributed by atoms with E-state index < -0.39 is 6.17 Å². The van der Waals surface area contributed by atoms with Crippen LogP contribution in [0.15, 0.2) is 0 Å². The second-order valence-electron chi connectivity index (χ2n) is 3.53. The van der Waals surface area contributed by atoms with Gasteiger partial charge in [0, 0.05) is 6.54 Å². The summed E-state index contributed by atoms with van der Waals surface area (Å²) < 4.78 is 0. The molecule has 0 unspecified atom stereocenters. The molecule has 72 valence electrons. The molecule has 0 spiro atoms. The van der Waals surface area contributed by atoms with Gasteiger partial charge in [0.1, 0.15) is 6.04 Å². The Kier molecular flexibility index (Phi) is 1.95. The molecule has 2 aliphatic heterocycles. The lowest BCUT2D eigenvalue weighted by Gasteiger charge is -2.40. The molecule has 5 heteroatoms. The van der Waals surface area contributed by atoms with Crippen LogP contribution in [-0.4, -0.2) is 35.5 Å². The van der Waals surface area contributed by atoms with E-state index in [1.165, 1.54) is 0 Å². The number of carbonyl (C=O) groups is 2. The highest BCUT2D eigenvalue weighted by atomic mass is 16.2. The van der Waals surface area contributed by atoms with Crippen molar-refractivity contribution in [3.05, 3.63) is 0 Å². The zero-order valence-electron chi connectivity index (χ0n) is 7.32. The topological polar surface area (TPSA) is 75.4 Å². The van der Waals surface area contributed by atoms with Crippen LogP contribution < -0.4 is 11.1 Å². The highest BCUT2D eigenvalue weighted by Gasteiger charge is 2.39. The Labute approximate surface area is 76.3 Å². The quantitative estimate of drug-likeness (QED) is 0.494. The van der Waals surface area contributed by atoms with Crippen molar-refractivity contribution in [2.24, 2.45) is 5.73 Å². The van der Waals surface area contributed by atoms with Crippen LogP contribution in [0.3, 0.4) is 0 Å². The van der Waals surface area contributed by atoms with Gasteiger partial charge in [0.05, 0.1) is 0 Å². The monoisotopic (exact) mass is 183 g/mol. The minimum absolute atomic E-state index is 0.105. The van der Waals surface area contributed by atoms with Gasteiger partial charge in [-0.3, -0.25) is 9.59 Å². The third-order valence-corrected chi connectivity index (χ3v) is 2.65. The number of carbonyl (C=O) groups excluding carboxylic acids is 2. The summed E-state index contributed by atoms with van der Waals surface area (Å²) >= 11 is 0. The van der Waals surface area contributed by atoms with Crippen LogP contribution in [0.1, 0.15) is 19.3 Å². The van der Waals surface area contributed by atoms with Crippen LogP contribution in [0.4, 0.5) is 0 Å². The third-order valence-electron chi connectivity index (χ3n) is 2.65. The molecular formula is C8H13N3O2. The Hall–Kier alpha value is -1.10. The summed E-state index contributed by atoms with van der Waals surface area (Å²) in [7, 11) is 0. The summed E-state index contributed by atoms with van der Waals surface area (Å²) in [6.45, 7) is 0.671. The van der Waals surface area contributed by atoms with Crippen LogP contribution in [-0.2, 0) is 9.59 Å². The van der Waals surface area contributed by atoms with Crippen molar-refractivity contribution >= 4 is 11.8 Å². The first-order valence-electron chi connectivity index (χ1n) is 4.56. The molecule has 13 heavy (non-hydrogen) atoms. The van der Waals surface area contributed by atoms with Crippen LogP contribution in [0.25, 0.3) is 0 Å². The van der Waals surface area contributed by atoms with Gasteiger partial charge < -0.3 is 16.0 Å². The molecule has 3 N–H and O–H groups in total. The number of rotatable bonds is 0. The first-order valence-corrected chi connectivity index (χ1v) is 4.56. The maximum absolute atomic E-state index is 11.5. The predicted octanol–water partition coefficient (Wildman–Crippen LogP) is -1.22. The van der Waals surface area contributed by atoms with Crippen LogP contribution >= 0.6 is 0 Å². The fourth-order valence-corrected chi connectivity index (χ4v) is 1.96. The lowest BCUT2D eigenvalue weighted by Crippen LogP contribution is -2.67. The largest absolute Gasteiger partial charge is 0.331 e. The highest BCUT2D eigenvalue weighted by molar-refractivity contribution is 5.96. The van der Waals surface area contributed by atoms with Gasteiger partial charge in [-0.25, -0.2) is 0 Å². The van der Waals surface area contributed by atoms with Crippen molar-refractivity contribution in [2.45, 2.75) is 31.5 Å². The number of hydrogen-bond donors (Lipinski definition) is 2. The van der Waals surface area contributed by atoms with E-state index in [1.54, 1.807) is 4.90 Å². The Balaban J connectivity index is 2.19. The normalized spacial score (nSPS) is 34.1. The zero-order chi connectivity index (χ0) is 9.42. The van der Waals surface area contributed by atoms with Gasteiger partial charge in [-0.2, -0.15) is 0 Å². The predicted molar refractivity (Wildman–Crippen MR) is 45.5 cm³/mol. The number of fused-ring (bicyclic) bond motifs is 1. The number of amides is 2. The molecule has 2 aliphatic rings. The fourth-order valence-electron chi connectivity index (χ4n) is 1.96. The number of piperidine rings is 1. The summed E-state index contributed by atoms with van der Waals surface area (Å²) in [5.74, 6) is -0.254. The Morgan fingerprint density at radius 3 is 2.92 bits per heavy atom. The SMILES string of the molecule is N[C@H]1NC(=O)[C@H]2CCCCN2C1=O. The molecule has 2 fully saturated rings. The Morgan fingerprint density at radius 1 is 1.38 bits per heavy atom. The van der Waals surface area contributed by atoms with E-state index >= 15 is 0 Å². The standard InChI is InChI=1S/C8H13N3O2/c9-6-8(13)11-4-2-1-3-5(11)7(12)10-6/h5-6H,1-4,9H2,(H,10,12)/t5-,6+/m1/s1. The van der Waals surface area contributed by atoms with Crippen molar-refractivity contribution < 1.29 is 9.59 Å². The molecule has 0 saturated carbocycles. The molecule has 5 nitrogen and oxygen atoms in total. The average molecular weight is 183 g/mol. The van der Waals surface area contributed by atoms with Gasteiger partial charge in [-0.15, -0.1) is 0 Å². The summed E-state index contributed by atoms with van der Waals surface area (Å²) in [6.07, 6.45) is 1.92. The lowest BCUT2D eigenvalue weighted by molar-refractivity contribution is -0.150. The maximum Gasteiger partial charge on any atom is 0.260 e. The molecule has 0 aliphatic carbocycles. The molecule has 2 atom stereocenters. The molecule has 2 amide bonds. The summed E-state index contributed by atoms with van der Waals surface area (Å²) in [4.78, 5) is 24.5. The molecule has 0 aromatic heterocycles. The summed E-state index contributed by atoms with van der Waals surface area (Å²) in [5, 5.41) is 2.48. The van der Waals surface area contributed by atoms with E-state index in [1.807, 2.05) is 0 Å². The van der Waals surface area contributed by atoms with E-state index in [-0.39, 0.29) is 17.9 Å². The highest BCUT2D eigenvalue weighted by Crippen LogP contribution is 2.20. The minimum atomic E-state index is -0.832. The van der Waals surface area contributed by atoms with Crippen molar-refractivity contribution in [2.75, 3.05) is 6.54 Å². The lowest BCUT2D eigenvalue weighted by atomic mass is 9.99. The fraction of sp³-hybridized carbons (Fsp3) is 0.750. The Bertz CT molecular complexity index is 254. The van der Waals surface area contributed by atoms with Crippen molar-refractivity contribution in [3.63, 3.8) is 0 Å². The number of nitrogens with two attached hydrogens (primary N) is 1. The van der Waals surface area contributed by atoms with Gasteiger partial charge in [-0.1, -0.05) is 0 Å². The molecule has 0 bridgehead atoms. The van der Waals surface area contributed by atoms with Crippen LogP contribution in [0.5, 0.6) is 0 Å². The molecule has 2 saturated heterocycles. The smallest absolute Gasteiger partial charge is 0.260 e. The molecule has 2 heterocycles. The average Bonchev–Trinajstić information content (AvgIpc) is 2.15. The molecule has 0 aromatic rings.